The fourth-order valence-electron chi connectivity index (χ4n) is 1.19. The zero-order valence-corrected chi connectivity index (χ0v) is 17.5. The summed E-state index contributed by atoms with van der Waals surface area (Å²) in [6.45, 7) is 8.62. The molecule has 0 fully saturated rings. The number of carbonyl (C=O) groups excluding carboxylic acids is 1. The van der Waals surface area contributed by atoms with Crippen molar-refractivity contribution in [1.29, 1.82) is 0 Å². The molecule has 0 heterocycles. The van der Waals surface area contributed by atoms with Crippen molar-refractivity contribution in [2.24, 2.45) is 0 Å². The van der Waals surface area contributed by atoms with Crippen molar-refractivity contribution < 1.29 is 66.5 Å². The average molecular weight is 500 g/mol. The molecule has 0 aromatic rings. The van der Waals surface area contributed by atoms with Gasteiger partial charge in [0.25, 0.3) is 0 Å². The smallest absolute Gasteiger partial charge is 0.311 e. The number of carbonyl (C=O) groups is 1. The molecule has 0 atom stereocenters. The van der Waals surface area contributed by atoms with E-state index >= 15 is 0 Å². The van der Waals surface area contributed by atoms with Gasteiger partial charge in [0.05, 0.1) is 54.2 Å². The normalized spacial score (nSPS) is 11.3. The Kier molecular flexibility index (Phi) is 15.0. The summed E-state index contributed by atoms with van der Waals surface area (Å²) in [7, 11) is 8.55. The van der Waals surface area contributed by atoms with Crippen molar-refractivity contribution in [3.05, 3.63) is 0 Å². The number of nitrogens with zero attached hydrogens (tertiary/aromatic N) is 2. The Balaban J connectivity index is -0.00000128. The molecule has 19 heavy (non-hydrogen) atoms. The minimum absolute atomic E-state index is 0. The van der Waals surface area contributed by atoms with Crippen LogP contribution in [0.3, 0.4) is 0 Å². The molecular formula is C13H30I2N2O2. The fraction of sp³-hybridized carbons (Fsp3) is 0.923. The highest BCUT2D eigenvalue weighted by molar-refractivity contribution is 5.69. The minimum atomic E-state index is -0.0687. The number of rotatable bonds is 8. The first-order valence-electron chi connectivity index (χ1n) is 6.52. The minimum Gasteiger partial charge on any atom is -1.00 e. The molecule has 0 rings (SSSR count). The third-order valence-corrected chi connectivity index (χ3v) is 3.59. The van der Waals surface area contributed by atoms with Gasteiger partial charge in [0, 0.05) is 0 Å². The van der Waals surface area contributed by atoms with Crippen LogP contribution in [0.4, 0.5) is 0 Å². The lowest BCUT2D eigenvalue weighted by atomic mass is 10.3. The first kappa shape index (κ1) is 24.8. The van der Waals surface area contributed by atoms with E-state index in [1.807, 2.05) is 0 Å². The largest absolute Gasteiger partial charge is 1.00 e. The summed E-state index contributed by atoms with van der Waals surface area (Å²) in [4.78, 5) is 11.5. The molecule has 0 saturated carbocycles. The quantitative estimate of drug-likeness (QED) is 0.190. The van der Waals surface area contributed by atoms with E-state index in [0.717, 1.165) is 35.1 Å². The van der Waals surface area contributed by atoms with Crippen LogP contribution in [0.1, 0.15) is 20.3 Å². The second-order valence-electron chi connectivity index (χ2n) is 5.92. The summed E-state index contributed by atoms with van der Waals surface area (Å²) in [6.07, 6.45) is 0.514. The van der Waals surface area contributed by atoms with Crippen LogP contribution in [0, 0.1) is 0 Å². The maximum absolute atomic E-state index is 11.5. The van der Waals surface area contributed by atoms with E-state index in [1.165, 1.54) is 0 Å². The van der Waals surface area contributed by atoms with Gasteiger partial charge in [0.1, 0.15) is 13.2 Å². The molecule has 0 aromatic carbocycles. The van der Waals surface area contributed by atoms with Crippen LogP contribution in [0.2, 0.25) is 0 Å². The van der Waals surface area contributed by atoms with Gasteiger partial charge in [-0.2, -0.15) is 0 Å². The number of esters is 1. The molecule has 118 valence electrons. The Morgan fingerprint density at radius 2 is 1.32 bits per heavy atom. The number of likely N-dealkylation sites (N-methyl/N-ethyl adjacent to an activating group) is 1. The van der Waals surface area contributed by atoms with Gasteiger partial charge in [-0.1, -0.05) is 0 Å². The number of quaternary nitrogens is 2. The fourth-order valence-corrected chi connectivity index (χ4v) is 1.19. The Bertz CT molecular complexity index is 247. The van der Waals surface area contributed by atoms with Crippen molar-refractivity contribution in [2.75, 3.05) is 61.0 Å². The van der Waals surface area contributed by atoms with Gasteiger partial charge in [0.2, 0.25) is 0 Å². The molecule has 0 spiro atoms. The van der Waals surface area contributed by atoms with E-state index < -0.39 is 0 Å². The van der Waals surface area contributed by atoms with Crippen LogP contribution < -0.4 is 48.0 Å². The molecule has 0 bridgehead atoms. The lowest BCUT2D eigenvalue weighted by Crippen LogP contribution is -3.00. The van der Waals surface area contributed by atoms with E-state index in [1.54, 1.807) is 0 Å². The zero-order chi connectivity index (χ0) is 13.5. The molecule has 0 aliphatic carbocycles. The van der Waals surface area contributed by atoms with E-state index in [-0.39, 0.29) is 53.9 Å². The monoisotopic (exact) mass is 500 g/mol. The van der Waals surface area contributed by atoms with E-state index in [9.17, 15) is 4.79 Å². The number of halogens is 2. The van der Waals surface area contributed by atoms with Gasteiger partial charge in [-0.05, 0) is 13.8 Å². The molecule has 0 amide bonds. The van der Waals surface area contributed by atoms with Crippen LogP contribution in [-0.4, -0.2) is 75.9 Å². The predicted molar refractivity (Wildman–Crippen MR) is 70.6 cm³/mol. The molecule has 0 saturated heterocycles. The van der Waals surface area contributed by atoms with Gasteiger partial charge in [-0.3, -0.25) is 4.79 Å². The molecular weight excluding hydrogens is 470 g/mol. The summed E-state index contributed by atoms with van der Waals surface area (Å²) in [5, 5.41) is 0. The standard InChI is InChI=1S/C13H30N2O2.2HI/c1-7-14(3,4)10-9-13(16)17-12-11-15(5,6)8-2;;/h7-12H2,1-6H3;2*1H/q+2;;/p-2. The maximum Gasteiger partial charge on any atom is 0.311 e. The summed E-state index contributed by atoms with van der Waals surface area (Å²) >= 11 is 0. The van der Waals surface area contributed by atoms with Gasteiger partial charge in [-0.15, -0.1) is 0 Å². The molecule has 0 unspecified atom stereocenters. The second-order valence-corrected chi connectivity index (χ2v) is 5.92. The highest BCUT2D eigenvalue weighted by Crippen LogP contribution is 2.00. The first-order chi connectivity index (χ1) is 7.72. The lowest BCUT2D eigenvalue weighted by Gasteiger charge is -2.28. The third kappa shape index (κ3) is 13.6. The van der Waals surface area contributed by atoms with Crippen molar-refractivity contribution in [3.8, 4) is 0 Å². The van der Waals surface area contributed by atoms with Gasteiger partial charge < -0.3 is 61.7 Å². The van der Waals surface area contributed by atoms with Crippen LogP contribution in [0.25, 0.3) is 0 Å². The SMILES string of the molecule is CC[N+](C)(C)CCOC(=O)CC[N+](C)(C)CC.[I-].[I-]. The molecule has 0 N–H and O–H groups in total. The van der Waals surface area contributed by atoms with E-state index in [4.69, 9.17) is 4.74 Å². The number of ether oxygens (including phenoxy) is 1. The van der Waals surface area contributed by atoms with Gasteiger partial charge in [-0.25, -0.2) is 0 Å². The summed E-state index contributed by atoms with van der Waals surface area (Å²) in [6, 6.07) is 0. The molecule has 0 radical (unpaired) electrons. The maximum atomic E-state index is 11.5. The Hall–Kier alpha value is 0.850. The van der Waals surface area contributed by atoms with Crippen molar-refractivity contribution >= 4 is 5.97 Å². The highest BCUT2D eigenvalue weighted by Gasteiger charge is 2.16. The van der Waals surface area contributed by atoms with Crippen LogP contribution >= 0.6 is 0 Å². The van der Waals surface area contributed by atoms with E-state index in [2.05, 4.69) is 42.0 Å². The molecule has 6 heteroatoms. The van der Waals surface area contributed by atoms with Crippen molar-refractivity contribution in [1.82, 2.24) is 0 Å². The summed E-state index contributed by atoms with van der Waals surface area (Å²) < 4.78 is 7.01. The zero-order valence-electron chi connectivity index (χ0n) is 13.2. The summed E-state index contributed by atoms with van der Waals surface area (Å²) in [5.41, 5.74) is 0. The van der Waals surface area contributed by atoms with E-state index in [0.29, 0.717) is 13.0 Å². The van der Waals surface area contributed by atoms with Crippen LogP contribution in [-0.2, 0) is 9.53 Å². The van der Waals surface area contributed by atoms with Crippen LogP contribution in [0.15, 0.2) is 0 Å². The first-order valence-corrected chi connectivity index (χ1v) is 6.52. The van der Waals surface area contributed by atoms with Crippen molar-refractivity contribution in [2.45, 2.75) is 20.3 Å². The number of hydrogen-bond acceptors (Lipinski definition) is 2. The lowest BCUT2D eigenvalue weighted by molar-refractivity contribution is -0.889. The van der Waals surface area contributed by atoms with Crippen LogP contribution in [0.5, 0.6) is 0 Å². The Morgan fingerprint density at radius 3 is 1.74 bits per heavy atom. The predicted octanol–water partition coefficient (Wildman–Crippen LogP) is -4.88. The molecule has 0 aliphatic rings. The Morgan fingerprint density at radius 1 is 0.895 bits per heavy atom. The summed E-state index contributed by atoms with van der Waals surface area (Å²) in [5.74, 6) is -0.0687. The number of hydrogen-bond donors (Lipinski definition) is 0. The molecule has 4 nitrogen and oxygen atoms in total. The topological polar surface area (TPSA) is 26.3 Å². The third-order valence-electron chi connectivity index (χ3n) is 3.59. The van der Waals surface area contributed by atoms with Gasteiger partial charge >= 0.3 is 5.97 Å². The average Bonchev–Trinajstić information content (AvgIpc) is 2.26. The highest BCUT2D eigenvalue weighted by atomic mass is 127. The van der Waals surface area contributed by atoms with Gasteiger partial charge in [0.15, 0.2) is 0 Å². The Labute approximate surface area is 153 Å². The van der Waals surface area contributed by atoms with Crippen molar-refractivity contribution in [3.63, 3.8) is 0 Å². The second kappa shape index (κ2) is 11.5. The molecule has 0 aromatic heterocycles. The molecule has 0 aliphatic heterocycles.